The molecule has 0 atom stereocenters. The number of rotatable bonds is 7. The first-order valence-corrected chi connectivity index (χ1v) is 14.2. The summed E-state index contributed by atoms with van der Waals surface area (Å²) in [6.07, 6.45) is 0. The number of ether oxygens (including phenoxy) is 1. The molecule has 0 radical (unpaired) electrons. The van der Waals surface area contributed by atoms with Gasteiger partial charge in [0.15, 0.2) is 6.61 Å². The number of fused-ring (bicyclic) bond motifs is 2. The lowest BCUT2D eigenvalue weighted by atomic mass is 10.2. The van der Waals surface area contributed by atoms with E-state index in [0.717, 1.165) is 28.0 Å². The van der Waals surface area contributed by atoms with Crippen molar-refractivity contribution in [1.29, 1.82) is 0 Å². The van der Waals surface area contributed by atoms with Crippen molar-refractivity contribution >= 4 is 68.0 Å². The Kier molecular flexibility index (Phi) is 7.48. The molecule has 4 aromatic rings. The van der Waals surface area contributed by atoms with Crippen LogP contribution in [0, 0.1) is 10.1 Å². The molecule has 0 fully saturated rings. The summed E-state index contributed by atoms with van der Waals surface area (Å²) in [6, 6.07) is 23.3. The van der Waals surface area contributed by atoms with Crippen LogP contribution in [-0.2, 0) is 19.6 Å². The zero-order valence-electron chi connectivity index (χ0n) is 20.3. The Morgan fingerprint density at radius 3 is 2.12 bits per heavy atom. The van der Waals surface area contributed by atoms with Crippen LogP contribution in [0.1, 0.15) is 10.4 Å². The first kappa shape index (κ1) is 27.2. The van der Waals surface area contributed by atoms with Gasteiger partial charge in [-0.1, -0.05) is 47.6 Å². The van der Waals surface area contributed by atoms with E-state index in [9.17, 15) is 28.1 Å². The Morgan fingerprint density at radius 1 is 0.925 bits per heavy atom. The van der Waals surface area contributed by atoms with Gasteiger partial charge in [0, 0.05) is 21.5 Å². The van der Waals surface area contributed by atoms with Crippen molar-refractivity contribution in [2.45, 2.75) is 14.7 Å². The van der Waals surface area contributed by atoms with Gasteiger partial charge in [0.1, 0.15) is 5.02 Å². The predicted octanol–water partition coefficient (Wildman–Crippen LogP) is 6.04. The van der Waals surface area contributed by atoms with Crippen LogP contribution < -0.4 is 9.62 Å². The number of carbonyl (C=O) groups excluding carboxylic acids is 2. The normalized spacial score (nSPS) is 12.2. The summed E-state index contributed by atoms with van der Waals surface area (Å²) >= 11 is 7.30. The van der Waals surface area contributed by atoms with E-state index in [2.05, 4.69) is 4.72 Å². The van der Waals surface area contributed by atoms with Gasteiger partial charge in [-0.15, -0.1) is 0 Å². The fourth-order valence-corrected chi connectivity index (χ4v) is 6.26. The van der Waals surface area contributed by atoms with Gasteiger partial charge in [-0.25, -0.2) is 13.2 Å². The average molecular weight is 596 g/mol. The van der Waals surface area contributed by atoms with Gasteiger partial charge in [-0.05, 0) is 60.7 Å². The second-order valence-electron chi connectivity index (χ2n) is 8.40. The lowest BCUT2D eigenvalue weighted by Gasteiger charge is -2.30. The fraction of sp³-hybridized carbons (Fsp3) is 0.0370. The van der Waals surface area contributed by atoms with E-state index in [4.69, 9.17) is 16.3 Å². The number of anilines is 3. The van der Waals surface area contributed by atoms with Gasteiger partial charge in [-0.3, -0.25) is 24.5 Å². The number of hydrogen-bond acceptors (Lipinski definition) is 8. The molecule has 0 bridgehead atoms. The smallest absolute Gasteiger partial charge is 0.338 e. The molecule has 1 aliphatic rings. The highest BCUT2D eigenvalue weighted by Crippen LogP contribution is 2.47. The fourth-order valence-electron chi connectivity index (χ4n) is 3.94. The molecule has 0 aliphatic carbocycles. The van der Waals surface area contributed by atoms with E-state index in [1.807, 2.05) is 48.5 Å². The van der Waals surface area contributed by atoms with Crippen molar-refractivity contribution in [3.63, 3.8) is 0 Å². The lowest BCUT2D eigenvalue weighted by Crippen LogP contribution is -2.32. The van der Waals surface area contributed by atoms with Gasteiger partial charge >= 0.3 is 5.97 Å². The maximum Gasteiger partial charge on any atom is 0.338 e. The van der Waals surface area contributed by atoms with Crippen LogP contribution in [0.3, 0.4) is 0 Å². The molecule has 0 unspecified atom stereocenters. The first-order chi connectivity index (χ1) is 19.1. The molecule has 1 N–H and O–H groups in total. The van der Waals surface area contributed by atoms with Crippen LogP contribution in [0.4, 0.5) is 22.7 Å². The standard InChI is InChI=1S/C27H18ClN3O7S2/c28-20-14-13-19(15-23(20)31(34)35)40(36,37)29-18-11-9-17(10-12-18)27(33)38-16-26(32)30-21-5-1-3-7-24(21)39-25-8-4-2-6-22(25)30/h1-15,29H,16H2. The van der Waals surface area contributed by atoms with Gasteiger partial charge in [0.05, 0.1) is 26.8 Å². The second-order valence-corrected chi connectivity index (χ2v) is 11.6. The average Bonchev–Trinajstić information content (AvgIpc) is 2.94. The van der Waals surface area contributed by atoms with Crippen molar-refractivity contribution in [1.82, 2.24) is 0 Å². The topological polar surface area (TPSA) is 136 Å². The van der Waals surface area contributed by atoms with Crippen LogP contribution in [0.2, 0.25) is 5.02 Å². The maximum atomic E-state index is 13.2. The zero-order chi connectivity index (χ0) is 28.4. The molecule has 5 rings (SSSR count). The Hall–Kier alpha value is -4.39. The third kappa shape index (κ3) is 5.50. The summed E-state index contributed by atoms with van der Waals surface area (Å²) in [5.74, 6) is -1.21. The molecule has 0 aromatic heterocycles. The molecule has 10 nitrogen and oxygen atoms in total. The van der Waals surface area contributed by atoms with Crippen molar-refractivity contribution in [3.8, 4) is 0 Å². The predicted molar refractivity (Wildman–Crippen MR) is 150 cm³/mol. The number of nitro groups is 1. The molecule has 13 heteroatoms. The third-order valence-corrected chi connectivity index (χ3v) is 8.63. The van der Waals surface area contributed by atoms with E-state index >= 15 is 0 Å². The summed E-state index contributed by atoms with van der Waals surface area (Å²) in [6.45, 7) is -0.518. The summed E-state index contributed by atoms with van der Waals surface area (Å²) in [4.78, 5) is 39.1. The number of nitrogens with one attached hydrogen (secondary N) is 1. The zero-order valence-corrected chi connectivity index (χ0v) is 22.7. The minimum absolute atomic E-state index is 0.0906. The number of benzene rings is 4. The molecule has 4 aromatic carbocycles. The minimum Gasteiger partial charge on any atom is -0.452 e. The maximum absolute atomic E-state index is 13.2. The number of halogens is 1. The Labute approximate surface area is 237 Å². The lowest BCUT2D eigenvalue weighted by molar-refractivity contribution is -0.384. The van der Waals surface area contributed by atoms with Gasteiger partial charge in [0.2, 0.25) is 0 Å². The van der Waals surface area contributed by atoms with Crippen LogP contribution in [-0.4, -0.2) is 31.8 Å². The van der Waals surface area contributed by atoms with E-state index in [1.165, 1.54) is 29.2 Å². The SMILES string of the molecule is O=C(OCC(=O)N1c2ccccc2Sc2ccccc21)c1ccc(NS(=O)(=O)c2ccc(Cl)c([N+](=O)[O-])c2)cc1. The van der Waals surface area contributed by atoms with Gasteiger partial charge in [-0.2, -0.15) is 0 Å². The van der Waals surface area contributed by atoms with Crippen LogP contribution in [0.25, 0.3) is 0 Å². The number of nitro benzene ring substituents is 1. The van der Waals surface area contributed by atoms with E-state index < -0.39 is 39.1 Å². The van der Waals surface area contributed by atoms with Crippen LogP contribution >= 0.6 is 23.4 Å². The molecule has 0 saturated carbocycles. The van der Waals surface area contributed by atoms with Gasteiger partial charge < -0.3 is 4.74 Å². The number of sulfonamides is 1. The van der Waals surface area contributed by atoms with Crippen molar-refractivity contribution in [2.24, 2.45) is 0 Å². The van der Waals surface area contributed by atoms with Gasteiger partial charge in [0.25, 0.3) is 21.6 Å². The summed E-state index contributed by atoms with van der Waals surface area (Å²) < 4.78 is 33.0. The third-order valence-electron chi connectivity index (χ3n) is 5.81. The number of para-hydroxylation sites is 2. The number of nitrogens with zero attached hydrogens (tertiary/aromatic N) is 2. The number of carbonyl (C=O) groups is 2. The molecule has 1 aliphatic heterocycles. The molecule has 0 saturated heterocycles. The minimum atomic E-state index is -4.18. The molecular formula is C27H18ClN3O7S2. The Balaban J connectivity index is 1.26. The van der Waals surface area contributed by atoms with E-state index in [-0.39, 0.29) is 21.2 Å². The summed E-state index contributed by atoms with van der Waals surface area (Å²) in [5, 5.41) is 10.9. The summed E-state index contributed by atoms with van der Waals surface area (Å²) in [5.41, 5.74) is 1.02. The van der Waals surface area contributed by atoms with Crippen LogP contribution in [0.5, 0.6) is 0 Å². The van der Waals surface area contributed by atoms with E-state index in [0.29, 0.717) is 11.4 Å². The van der Waals surface area contributed by atoms with E-state index in [1.54, 1.807) is 11.8 Å². The first-order valence-electron chi connectivity index (χ1n) is 11.6. The molecule has 1 heterocycles. The molecule has 40 heavy (non-hydrogen) atoms. The largest absolute Gasteiger partial charge is 0.452 e. The molecule has 202 valence electrons. The van der Waals surface area contributed by atoms with Crippen LogP contribution in [0.15, 0.2) is 106 Å². The highest BCUT2D eigenvalue weighted by molar-refractivity contribution is 7.99. The number of amides is 1. The Morgan fingerprint density at radius 2 is 1.52 bits per heavy atom. The number of hydrogen-bond donors (Lipinski definition) is 1. The van der Waals surface area contributed by atoms with Crippen molar-refractivity contribution in [3.05, 3.63) is 112 Å². The molecule has 1 amide bonds. The molecular weight excluding hydrogens is 578 g/mol. The highest BCUT2D eigenvalue weighted by atomic mass is 35.5. The number of esters is 1. The van der Waals surface area contributed by atoms with Crippen molar-refractivity contribution in [2.75, 3.05) is 16.2 Å². The molecule has 0 spiro atoms. The quantitative estimate of drug-likeness (QED) is 0.155. The highest BCUT2D eigenvalue weighted by Gasteiger charge is 2.28. The summed E-state index contributed by atoms with van der Waals surface area (Å²) in [7, 11) is -4.18. The van der Waals surface area contributed by atoms with Crippen molar-refractivity contribution < 1.29 is 27.7 Å². The Bertz CT molecular complexity index is 1720. The monoisotopic (exact) mass is 595 g/mol. The second kappa shape index (κ2) is 11.0.